The van der Waals surface area contributed by atoms with Crippen molar-refractivity contribution in [3.8, 4) is 5.75 Å². The van der Waals surface area contributed by atoms with E-state index in [-0.39, 0.29) is 11.5 Å². The first-order chi connectivity index (χ1) is 14.5. The fraction of sp³-hybridized carbons (Fsp3) is 0.304. The number of ether oxygens (including phenoxy) is 1. The second-order valence-electron chi connectivity index (χ2n) is 7.26. The molecule has 7 heteroatoms. The van der Waals surface area contributed by atoms with Gasteiger partial charge in [0.2, 0.25) is 0 Å². The number of carbonyl (C=O) groups excluding carboxylic acids is 1. The van der Waals surface area contributed by atoms with Crippen molar-refractivity contribution < 1.29 is 13.9 Å². The van der Waals surface area contributed by atoms with Crippen LogP contribution in [0.4, 0.5) is 0 Å². The van der Waals surface area contributed by atoms with E-state index in [1.807, 2.05) is 48.2 Å². The number of hydrogen-bond donors (Lipinski definition) is 0. The van der Waals surface area contributed by atoms with E-state index in [1.165, 1.54) is 0 Å². The van der Waals surface area contributed by atoms with Gasteiger partial charge in [0.15, 0.2) is 0 Å². The summed E-state index contributed by atoms with van der Waals surface area (Å²) in [5.41, 5.74) is 1.81. The number of amides is 1. The van der Waals surface area contributed by atoms with Gasteiger partial charge in [-0.05, 0) is 55.0 Å². The first-order valence-corrected chi connectivity index (χ1v) is 10.8. The zero-order valence-corrected chi connectivity index (χ0v) is 18.4. The summed E-state index contributed by atoms with van der Waals surface area (Å²) < 4.78 is 11.9. The molecule has 2 heterocycles. The van der Waals surface area contributed by atoms with E-state index in [1.54, 1.807) is 12.1 Å². The first kappa shape index (κ1) is 20.6. The van der Waals surface area contributed by atoms with Crippen LogP contribution in [-0.2, 0) is 6.54 Å². The van der Waals surface area contributed by atoms with Gasteiger partial charge in [0, 0.05) is 54.2 Å². The summed E-state index contributed by atoms with van der Waals surface area (Å²) in [6, 6.07) is 14.5. The van der Waals surface area contributed by atoms with Gasteiger partial charge in [0.1, 0.15) is 11.3 Å². The molecule has 1 fully saturated rings. The Labute approximate surface area is 183 Å². The number of benzene rings is 2. The molecule has 0 radical (unpaired) electrons. The molecule has 3 aromatic rings. The van der Waals surface area contributed by atoms with E-state index in [4.69, 9.17) is 9.15 Å². The second kappa shape index (κ2) is 9.02. The Balaban J connectivity index is 1.46. The van der Waals surface area contributed by atoms with Crippen LogP contribution in [-0.4, -0.2) is 48.5 Å². The number of piperazine rings is 1. The van der Waals surface area contributed by atoms with E-state index < -0.39 is 0 Å². The highest BCUT2D eigenvalue weighted by Gasteiger charge is 2.23. The van der Waals surface area contributed by atoms with Gasteiger partial charge in [0.25, 0.3) is 5.91 Å². The van der Waals surface area contributed by atoms with Crippen LogP contribution in [0.5, 0.6) is 5.75 Å². The van der Waals surface area contributed by atoms with Crippen molar-refractivity contribution >= 4 is 32.8 Å². The number of fused-ring (bicyclic) bond motifs is 1. The van der Waals surface area contributed by atoms with E-state index in [2.05, 4.69) is 20.8 Å². The standard InChI is InChI=1S/C23H23BrN2O4/c1-2-29-19-7-8-21-20(14-19)17(13-22(27)30-21)15-25-9-11-26(12-10-25)23(28)16-3-5-18(24)6-4-16/h3-8,13-14H,2,9-12,15H2,1H3. The molecular weight excluding hydrogens is 448 g/mol. The van der Waals surface area contributed by atoms with Crippen LogP contribution in [0.1, 0.15) is 22.8 Å². The number of rotatable bonds is 5. The van der Waals surface area contributed by atoms with Crippen LogP contribution in [0.15, 0.2) is 62.2 Å². The molecule has 0 bridgehead atoms. The molecule has 0 aliphatic carbocycles. The molecule has 0 unspecified atom stereocenters. The van der Waals surface area contributed by atoms with Crippen LogP contribution in [0.25, 0.3) is 11.0 Å². The Kier molecular flexibility index (Phi) is 6.20. The molecule has 156 valence electrons. The zero-order valence-electron chi connectivity index (χ0n) is 16.8. The Morgan fingerprint density at radius 2 is 1.80 bits per heavy atom. The molecule has 0 spiro atoms. The van der Waals surface area contributed by atoms with Crippen molar-refractivity contribution in [1.82, 2.24) is 9.80 Å². The lowest BCUT2D eigenvalue weighted by atomic mass is 10.1. The molecule has 0 saturated carbocycles. The number of hydrogen-bond acceptors (Lipinski definition) is 5. The maximum absolute atomic E-state index is 12.7. The van der Waals surface area contributed by atoms with Gasteiger partial charge >= 0.3 is 5.63 Å². The molecule has 30 heavy (non-hydrogen) atoms. The van der Waals surface area contributed by atoms with E-state index in [0.717, 1.165) is 34.3 Å². The van der Waals surface area contributed by atoms with Crippen molar-refractivity contribution in [2.45, 2.75) is 13.5 Å². The normalized spacial score (nSPS) is 14.8. The summed E-state index contributed by atoms with van der Waals surface area (Å²) in [7, 11) is 0. The smallest absolute Gasteiger partial charge is 0.336 e. The fourth-order valence-electron chi connectivity index (χ4n) is 3.72. The third-order valence-corrected chi connectivity index (χ3v) is 5.78. The van der Waals surface area contributed by atoms with E-state index >= 15 is 0 Å². The monoisotopic (exact) mass is 470 g/mol. The van der Waals surface area contributed by atoms with Crippen LogP contribution < -0.4 is 10.4 Å². The van der Waals surface area contributed by atoms with Gasteiger partial charge in [-0.15, -0.1) is 0 Å². The zero-order chi connectivity index (χ0) is 21.1. The van der Waals surface area contributed by atoms with Crippen LogP contribution in [0, 0.1) is 0 Å². The Hall–Kier alpha value is -2.64. The number of halogens is 1. The van der Waals surface area contributed by atoms with Crippen molar-refractivity contribution in [1.29, 1.82) is 0 Å². The molecule has 2 aromatic carbocycles. The number of nitrogens with zero attached hydrogens (tertiary/aromatic N) is 2. The summed E-state index contributed by atoms with van der Waals surface area (Å²) in [6.07, 6.45) is 0. The molecule has 1 amide bonds. The van der Waals surface area contributed by atoms with Crippen molar-refractivity contribution in [2.75, 3.05) is 32.8 Å². The largest absolute Gasteiger partial charge is 0.494 e. The van der Waals surface area contributed by atoms with Crippen molar-refractivity contribution in [3.63, 3.8) is 0 Å². The van der Waals surface area contributed by atoms with E-state index in [0.29, 0.717) is 37.4 Å². The summed E-state index contributed by atoms with van der Waals surface area (Å²) in [4.78, 5) is 28.9. The average molecular weight is 471 g/mol. The summed E-state index contributed by atoms with van der Waals surface area (Å²) in [6.45, 7) is 5.93. The molecular formula is C23H23BrN2O4. The van der Waals surface area contributed by atoms with Crippen molar-refractivity contribution in [3.05, 3.63) is 74.6 Å². The van der Waals surface area contributed by atoms with Gasteiger partial charge < -0.3 is 14.1 Å². The first-order valence-electron chi connectivity index (χ1n) is 10.0. The van der Waals surface area contributed by atoms with Gasteiger partial charge in [-0.25, -0.2) is 4.79 Å². The molecule has 4 rings (SSSR count). The van der Waals surface area contributed by atoms with Crippen molar-refractivity contribution in [2.24, 2.45) is 0 Å². The summed E-state index contributed by atoms with van der Waals surface area (Å²) in [5, 5.41) is 0.883. The third-order valence-electron chi connectivity index (χ3n) is 5.26. The summed E-state index contributed by atoms with van der Waals surface area (Å²) in [5.74, 6) is 0.805. The van der Waals surface area contributed by atoms with Crippen LogP contribution >= 0.6 is 15.9 Å². The molecule has 0 N–H and O–H groups in total. The SMILES string of the molecule is CCOc1ccc2oc(=O)cc(CN3CCN(C(=O)c4ccc(Br)cc4)CC3)c2c1. The molecule has 1 aromatic heterocycles. The van der Waals surface area contributed by atoms with Crippen LogP contribution in [0.3, 0.4) is 0 Å². The molecule has 0 atom stereocenters. The Bertz CT molecular complexity index is 1100. The number of carbonyl (C=O) groups is 1. The minimum Gasteiger partial charge on any atom is -0.494 e. The lowest BCUT2D eigenvalue weighted by Crippen LogP contribution is -2.48. The van der Waals surface area contributed by atoms with E-state index in [9.17, 15) is 9.59 Å². The fourth-order valence-corrected chi connectivity index (χ4v) is 3.98. The Morgan fingerprint density at radius 3 is 2.50 bits per heavy atom. The summed E-state index contributed by atoms with van der Waals surface area (Å²) >= 11 is 3.40. The maximum atomic E-state index is 12.7. The minimum atomic E-state index is -0.356. The predicted octanol–water partition coefficient (Wildman–Crippen LogP) is 3.91. The topological polar surface area (TPSA) is 63.0 Å². The van der Waals surface area contributed by atoms with Gasteiger partial charge in [0.05, 0.1) is 6.61 Å². The highest BCUT2D eigenvalue weighted by Crippen LogP contribution is 2.24. The lowest BCUT2D eigenvalue weighted by molar-refractivity contribution is 0.0629. The minimum absolute atomic E-state index is 0.0503. The quantitative estimate of drug-likeness (QED) is 0.528. The molecule has 1 aliphatic heterocycles. The van der Waals surface area contributed by atoms with Gasteiger partial charge in [-0.3, -0.25) is 9.69 Å². The molecule has 1 aliphatic rings. The van der Waals surface area contributed by atoms with Gasteiger partial charge in [-0.1, -0.05) is 15.9 Å². The predicted molar refractivity (Wildman–Crippen MR) is 119 cm³/mol. The highest BCUT2D eigenvalue weighted by atomic mass is 79.9. The molecule has 6 nitrogen and oxygen atoms in total. The Morgan fingerprint density at radius 1 is 1.07 bits per heavy atom. The maximum Gasteiger partial charge on any atom is 0.336 e. The third kappa shape index (κ3) is 4.57. The van der Waals surface area contributed by atoms with Crippen LogP contribution in [0.2, 0.25) is 0 Å². The lowest BCUT2D eigenvalue weighted by Gasteiger charge is -2.35. The molecule has 1 saturated heterocycles. The average Bonchev–Trinajstić information content (AvgIpc) is 2.75. The highest BCUT2D eigenvalue weighted by molar-refractivity contribution is 9.10. The second-order valence-corrected chi connectivity index (χ2v) is 8.17. The van der Waals surface area contributed by atoms with Gasteiger partial charge in [-0.2, -0.15) is 0 Å².